The van der Waals surface area contributed by atoms with Gasteiger partial charge in [0.05, 0.1) is 15.1 Å². The summed E-state index contributed by atoms with van der Waals surface area (Å²) in [5.41, 5.74) is 7.27. The molecule has 5 aromatic carbocycles. The molecule has 0 bridgehead atoms. The van der Waals surface area contributed by atoms with Crippen LogP contribution in [0.25, 0.3) is 31.3 Å². The zero-order valence-electron chi connectivity index (χ0n) is 17.8. The Bertz CT molecular complexity index is 1630. The second-order valence-electron chi connectivity index (χ2n) is 8.64. The summed E-state index contributed by atoms with van der Waals surface area (Å²) in [6, 6.07) is 41.7. The molecule has 6 aromatic rings. The third kappa shape index (κ3) is 2.52. The molecule has 0 N–H and O–H groups in total. The van der Waals surface area contributed by atoms with E-state index in [-0.39, 0.29) is 0 Å². The number of thiophene rings is 1. The third-order valence-electron chi connectivity index (χ3n) is 7.02. The molecular formula is C31H19ClS. The van der Waals surface area contributed by atoms with Crippen LogP contribution >= 0.6 is 22.9 Å². The van der Waals surface area contributed by atoms with Gasteiger partial charge in [-0.2, -0.15) is 0 Å². The molecule has 156 valence electrons. The lowest BCUT2D eigenvalue weighted by Gasteiger charge is -2.34. The van der Waals surface area contributed by atoms with Crippen molar-refractivity contribution in [2.75, 3.05) is 0 Å². The Labute approximate surface area is 201 Å². The first-order valence-electron chi connectivity index (χ1n) is 11.1. The minimum atomic E-state index is -0.421. The van der Waals surface area contributed by atoms with Crippen molar-refractivity contribution >= 4 is 43.1 Å². The highest BCUT2D eigenvalue weighted by atomic mass is 35.5. The molecule has 0 amide bonds. The van der Waals surface area contributed by atoms with Crippen LogP contribution in [0.15, 0.2) is 115 Å². The fourth-order valence-corrected chi connectivity index (χ4v) is 7.14. The molecule has 7 rings (SSSR count). The molecule has 2 heteroatoms. The predicted molar refractivity (Wildman–Crippen MR) is 142 cm³/mol. The number of benzene rings is 5. The van der Waals surface area contributed by atoms with Crippen LogP contribution in [0, 0.1) is 0 Å². The van der Waals surface area contributed by atoms with Crippen LogP contribution in [0.4, 0.5) is 0 Å². The van der Waals surface area contributed by atoms with Crippen molar-refractivity contribution in [2.45, 2.75) is 5.41 Å². The van der Waals surface area contributed by atoms with Crippen LogP contribution in [0.5, 0.6) is 0 Å². The van der Waals surface area contributed by atoms with E-state index in [0.29, 0.717) is 0 Å². The fraction of sp³-hybridized carbons (Fsp3) is 0.0323. The van der Waals surface area contributed by atoms with Gasteiger partial charge in [0.2, 0.25) is 0 Å². The highest BCUT2D eigenvalue weighted by Crippen LogP contribution is 2.57. The normalized spacial score (nSPS) is 13.8. The van der Waals surface area contributed by atoms with Crippen LogP contribution in [-0.2, 0) is 5.41 Å². The Kier molecular flexibility index (Phi) is 4.08. The molecular weight excluding hydrogens is 440 g/mol. The standard InChI is InChI=1S/C31H19ClS/c32-28-19-21(18-25-24-14-6-9-17-29(24)33-30(25)28)31(20-10-2-1-3-11-20)26-15-7-4-12-22(26)23-13-5-8-16-27(23)31/h1-19H. The van der Waals surface area contributed by atoms with Gasteiger partial charge in [-0.15, -0.1) is 11.3 Å². The molecule has 1 aliphatic rings. The van der Waals surface area contributed by atoms with Crippen molar-refractivity contribution in [1.29, 1.82) is 0 Å². The Morgan fingerprint density at radius 1 is 0.545 bits per heavy atom. The van der Waals surface area contributed by atoms with Gasteiger partial charge in [-0.05, 0) is 51.6 Å². The maximum Gasteiger partial charge on any atom is 0.0714 e. The maximum absolute atomic E-state index is 7.03. The Morgan fingerprint density at radius 2 is 1.15 bits per heavy atom. The van der Waals surface area contributed by atoms with Crippen LogP contribution < -0.4 is 0 Å². The molecule has 33 heavy (non-hydrogen) atoms. The number of hydrogen-bond acceptors (Lipinski definition) is 1. The molecule has 1 aliphatic carbocycles. The number of fused-ring (bicyclic) bond motifs is 6. The van der Waals surface area contributed by atoms with Gasteiger partial charge in [0, 0.05) is 15.5 Å². The van der Waals surface area contributed by atoms with Gasteiger partial charge < -0.3 is 0 Å². The highest BCUT2D eigenvalue weighted by molar-refractivity contribution is 7.26. The molecule has 0 unspecified atom stereocenters. The highest BCUT2D eigenvalue weighted by Gasteiger charge is 2.46. The quantitative estimate of drug-likeness (QED) is 0.242. The summed E-state index contributed by atoms with van der Waals surface area (Å²) in [6.07, 6.45) is 0. The van der Waals surface area contributed by atoms with E-state index in [2.05, 4.69) is 115 Å². The van der Waals surface area contributed by atoms with E-state index >= 15 is 0 Å². The predicted octanol–water partition coefficient (Wildman–Crippen LogP) is 9.07. The Hall–Kier alpha value is -3.39. The van der Waals surface area contributed by atoms with Crippen molar-refractivity contribution in [3.63, 3.8) is 0 Å². The van der Waals surface area contributed by atoms with E-state index in [1.54, 1.807) is 11.3 Å². The first-order chi connectivity index (χ1) is 16.3. The summed E-state index contributed by atoms with van der Waals surface area (Å²) in [5.74, 6) is 0. The molecule has 0 radical (unpaired) electrons. The second kappa shape index (κ2) is 7.05. The number of hydrogen-bond donors (Lipinski definition) is 0. The van der Waals surface area contributed by atoms with Crippen molar-refractivity contribution in [2.24, 2.45) is 0 Å². The first kappa shape index (κ1) is 19.1. The van der Waals surface area contributed by atoms with Crippen molar-refractivity contribution < 1.29 is 0 Å². The topological polar surface area (TPSA) is 0 Å². The maximum atomic E-state index is 7.03. The lowest BCUT2D eigenvalue weighted by atomic mass is 9.67. The smallest absolute Gasteiger partial charge is 0.0714 e. The minimum Gasteiger partial charge on any atom is -0.134 e. The zero-order chi connectivity index (χ0) is 22.0. The molecule has 0 saturated heterocycles. The van der Waals surface area contributed by atoms with Gasteiger partial charge in [0.1, 0.15) is 0 Å². The molecule has 0 aliphatic heterocycles. The average Bonchev–Trinajstić information content (AvgIpc) is 3.39. The van der Waals surface area contributed by atoms with Crippen LogP contribution in [0.3, 0.4) is 0 Å². The molecule has 0 fully saturated rings. The lowest BCUT2D eigenvalue weighted by molar-refractivity contribution is 0.770. The fourth-order valence-electron chi connectivity index (χ4n) is 5.71. The molecule has 0 nitrogen and oxygen atoms in total. The van der Waals surface area contributed by atoms with Gasteiger partial charge in [-0.3, -0.25) is 0 Å². The SMILES string of the molecule is Clc1cc(C2(c3ccccc3)c3ccccc3-c3ccccc32)cc2c1sc1ccccc12. The van der Waals surface area contributed by atoms with Crippen LogP contribution in [-0.4, -0.2) is 0 Å². The van der Waals surface area contributed by atoms with E-state index in [4.69, 9.17) is 11.6 Å². The van der Waals surface area contributed by atoms with Crippen molar-refractivity contribution in [3.8, 4) is 11.1 Å². The monoisotopic (exact) mass is 458 g/mol. The largest absolute Gasteiger partial charge is 0.134 e. The molecule has 1 heterocycles. The molecule has 0 saturated carbocycles. The van der Waals surface area contributed by atoms with Gasteiger partial charge in [-0.25, -0.2) is 0 Å². The number of rotatable bonds is 2. The minimum absolute atomic E-state index is 0.421. The Balaban J connectivity index is 1.68. The van der Waals surface area contributed by atoms with Gasteiger partial charge in [-0.1, -0.05) is 109 Å². The third-order valence-corrected chi connectivity index (χ3v) is 8.65. The second-order valence-corrected chi connectivity index (χ2v) is 10.1. The number of halogens is 1. The van der Waals surface area contributed by atoms with E-state index in [1.807, 2.05) is 0 Å². The van der Waals surface area contributed by atoms with Crippen molar-refractivity contribution in [1.82, 2.24) is 0 Å². The molecule has 0 atom stereocenters. The molecule has 0 spiro atoms. The lowest BCUT2D eigenvalue weighted by Crippen LogP contribution is -2.28. The summed E-state index contributed by atoms with van der Waals surface area (Å²) in [6.45, 7) is 0. The van der Waals surface area contributed by atoms with E-state index in [1.165, 1.54) is 48.9 Å². The summed E-state index contributed by atoms with van der Waals surface area (Å²) in [4.78, 5) is 0. The van der Waals surface area contributed by atoms with E-state index in [9.17, 15) is 0 Å². The average molecular weight is 459 g/mol. The van der Waals surface area contributed by atoms with Gasteiger partial charge in [0.15, 0.2) is 0 Å². The van der Waals surface area contributed by atoms with E-state index < -0.39 is 5.41 Å². The summed E-state index contributed by atoms with van der Waals surface area (Å²) >= 11 is 8.80. The summed E-state index contributed by atoms with van der Waals surface area (Å²) in [5, 5.41) is 3.32. The van der Waals surface area contributed by atoms with Crippen LogP contribution in [0.2, 0.25) is 5.02 Å². The summed E-state index contributed by atoms with van der Waals surface area (Å²) in [7, 11) is 0. The van der Waals surface area contributed by atoms with Crippen molar-refractivity contribution in [3.05, 3.63) is 143 Å². The Morgan fingerprint density at radius 3 is 1.88 bits per heavy atom. The van der Waals surface area contributed by atoms with Gasteiger partial charge in [0.25, 0.3) is 0 Å². The zero-order valence-corrected chi connectivity index (χ0v) is 19.3. The van der Waals surface area contributed by atoms with E-state index in [0.717, 1.165) is 9.72 Å². The first-order valence-corrected chi connectivity index (χ1v) is 12.3. The molecule has 1 aromatic heterocycles. The van der Waals surface area contributed by atoms with Crippen LogP contribution in [0.1, 0.15) is 22.3 Å². The van der Waals surface area contributed by atoms with Gasteiger partial charge >= 0.3 is 0 Å². The summed E-state index contributed by atoms with van der Waals surface area (Å²) < 4.78 is 2.43.